The Morgan fingerprint density at radius 2 is 2.03 bits per heavy atom. The Morgan fingerprint density at radius 3 is 2.72 bits per heavy atom. The van der Waals surface area contributed by atoms with Crippen molar-refractivity contribution in [3.8, 4) is 11.3 Å². The third kappa shape index (κ3) is 5.04. The number of halogens is 3. The zero-order valence-electron chi connectivity index (χ0n) is 17.9. The molecular weight excluding hydrogens is 441 g/mol. The van der Waals surface area contributed by atoms with Crippen LogP contribution in [0.1, 0.15) is 18.4 Å². The maximum absolute atomic E-state index is 13.1. The molecule has 1 aliphatic rings. The fourth-order valence-corrected chi connectivity index (χ4v) is 4.51. The Morgan fingerprint density at radius 1 is 1.28 bits per heavy atom. The normalized spacial score (nSPS) is 15.9. The van der Waals surface area contributed by atoms with E-state index in [0.717, 1.165) is 44.6 Å². The van der Waals surface area contributed by atoms with Crippen molar-refractivity contribution in [1.29, 1.82) is 0 Å². The van der Waals surface area contributed by atoms with Gasteiger partial charge in [0.25, 0.3) is 0 Å². The summed E-state index contributed by atoms with van der Waals surface area (Å²) in [6, 6.07) is 5.18. The van der Waals surface area contributed by atoms with Gasteiger partial charge in [-0.15, -0.1) is 5.10 Å². The average Bonchev–Trinajstić information content (AvgIpc) is 3.33. The monoisotopic (exact) mass is 466 g/mol. The molecule has 1 aromatic carbocycles. The van der Waals surface area contributed by atoms with Crippen molar-refractivity contribution >= 4 is 27.3 Å². The van der Waals surface area contributed by atoms with Gasteiger partial charge in [-0.2, -0.15) is 13.2 Å². The number of hydrogen-bond acceptors (Lipinski definition) is 6. The van der Waals surface area contributed by atoms with Crippen LogP contribution in [-0.2, 0) is 11.0 Å². The molecule has 4 rings (SSSR count). The summed E-state index contributed by atoms with van der Waals surface area (Å²) in [5, 5.41) is 8.56. The topological polar surface area (TPSA) is 65.8 Å². The Kier molecular flexibility index (Phi) is 6.38. The van der Waals surface area contributed by atoms with E-state index in [1.807, 2.05) is 0 Å². The van der Waals surface area contributed by atoms with E-state index in [0.29, 0.717) is 33.8 Å². The molecule has 0 spiro atoms. The lowest BCUT2D eigenvalue weighted by atomic mass is 9.97. The molecule has 1 N–H and O–H groups in total. The molecule has 0 bridgehead atoms. The highest BCUT2D eigenvalue weighted by Gasteiger charge is 2.30. The number of alkyl halides is 3. The zero-order chi connectivity index (χ0) is 22.9. The van der Waals surface area contributed by atoms with Gasteiger partial charge in [0.1, 0.15) is 0 Å². The fourth-order valence-electron chi connectivity index (χ4n) is 3.73. The maximum atomic E-state index is 13.1. The van der Waals surface area contributed by atoms with Crippen molar-refractivity contribution in [2.45, 2.75) is 19.0 Å². The van der Waals surface area contributed by atoms with Gasteiger partial charge in [-0.3, -0.25) is 9.69 Å². The van der Waals surface area contributed by atoms with Crippen LogP contribution in [0.25, 0.3) is 16.2 Å². The summed E-state index contributed by atoms with van der Waals surface area (Å²) in [7, 11) is 3.53. The third-order valence-electron chi connectivity index (χ3n) is 5.68. The van der Waals surface area contributed by atoms with Crippen LogP contribution in [0.2, 0.25) is 0 Å². The van der Waals surface area contributed by atoms with Crippen LogP contribution in [0.15, 0.2) is 30.5 Å². The Bertz CT molecular complexity index is 1080. The molecule has 0 radical (unpaired) electrons. The summed E-state index contributed by atoms with van der Waals surface area (Å²) in [4.78, 5) is 20.6. The largest absolute Gasteiger partial charge is 0.416 e. The number of likely N-dealkylation sites (tertiary alicyclic amines) is 1. The molecule has 1 amide bonds. The molecule has 0 saturated carbocycles. The molecule has 2 aromatic heterocycles. The molecular formula is C21H25F3N6OS. The number of amides is 1. The second-order valence-corrected chi connectivity index (χ2v) is 9.17. The smallest absolute Gasteiger partial charge is 0.360 e. The lowest BCUT2D eigenvalue weighted by molar-refractivity contribution is -0.137. The number of aromatic nitrogens is 3. The number of nitrogens with one attached hydrogen (secondary N) is 1. The summed E-state index contributed by atoms with van der Waals surface area (Å²) >= 11 is 1.37. The number of piperidine rings is 1. The van der Waals surface area contributed by atoms with Gasteiger partial charge in [0, 0.05) is 26.2 Å². The van der Waals surface area contributed by atoms with Crippen LogP contribution in [0, 0.1) is 5.92 Å². The van der Waals surface area contributed by atoms with E-state index >= 15 is 0 Å². The first-order valence-corrected chi connectivity index (χ1v) is 11.2. The molecule has 0 aliphatic carbocycles. The van der Waals surface area contributed by atoms with Gasteiger partial charge in [-0.1, -0.05) is 23.5 Å². The highest BCUT2D eigenvalue weighted by atomic mass is 32.1. The first kappa shape index (κ1) is 22.5. The minimum absolute atomic E-state index is 0.115. The van der Waals surface area contributed by atoms with Gasteiger partial charge >= 0.3 is 6.18 Å². The molecule has 172 valence electrons. The highest BCUT2D eigenvalue weighted by Crippen LogP contribution is 2.33. The van der Waals surface area contributed by atoms with E-state index in [1.54, 1.807) is 35.8 Å². The van der Waals surface area contributed by atoms with Crippen LogP contribution >= 0.6 is 11.3 Å². The highest BCUT2D eigenvalue weighted by molar-refractivity contribution is 7.20. The van der Waals surface area contributed by atoms with Crippen LogP contribution in [0.3, 0.4) is 0 Å². The number of rotatable bonds is 6. The lowest BCUT2D eigenvalue weighted by Crippen LogP contribution is -2.42. The van der Waals surface area contributed by atoms with Crippen molar-refractivity contribution in [2.24, 2.45) is 5.92 Å². The third-order valence-corrected chi connectivity index (χ3v) is 6.56. The summed E-state index contributed by atoms with van der Waals surface area (Å²) in [6.07, 6.45) is -0.871. The van der Waals surface area contributed by atoms with Crippen LogP contribution < -0.4 is 5.32 Å². The van der Waals surface area contributed by atoms with Crippen molar-refractivity contribution in [3.63, 3.8) is 0 Å². The van der Waals surface area contributed by atoms with Crippen molar-refractivity contribution < 1.29 is 18.0 Å². The van der Waals surface area contributed by atoms with Gasteiger partial charge in [-0.05, 0) is 44.0 Å². The molecule has 32 heavy (non-hydrogen) atoms. The maximum Gasteiger partial charge on any atom is 0.416 e. The van der Waals surface area contributed by atoms with E-state index < -0.39 is 11.7 Å². The van der Waals surface area contributed by atoms with Crippen molar-refractivity contribution in [3.05, 3.63) is 36.0 Å². The molecule has 1 fully saturated rings. The summed E-state index contributed by atoms with van der Waals surface area (Å²) < 4.78 is 40.8. The number of carbonyl (C=O) groups is 1. The van der Waals surface area contributed by atoms with Gasteiger partial charge in [0.15, 0.2) is 0 Å². The zero-order valence-corrected chi connectivity index (χ0v) is 18.7. The van der Waals surface area contributed by atoms with Gasteiger partial charge in [0.2, 0.25) is 16.0 Å². The number of hydrogen-bond donors (Lipinski definition) is 1. The molecule has 1 saturated heterocycles. The van der Waals surface area contributed by atoms with Crippen molar-refractivity contribution in [2.75, 3.05) is 45.6 Å². The second-order valence-electron chi connectivity index (χ2n) is 8.21. The Balaban J connectivity index is 1.37. The van der Waals surface area contributed by atoms with Gasteiger partial charge < -0.3 is 10.2 Å². The van der Waals surface area contributed by atoms with E-state index in [4.69, 9.17) is 0 Å². The number of fused-ring (bicyclic) bond motifs is 1. The van der Waals surface area contributed by atoms with Gasteiger partial charge in [0.05, 0.1) is 24.0 Å². The lowest BCUT2D eigenvalue weighted by Gasteiger charge is -2.32. The summed E-state index contributed by atoms with van der Waals surface area (Å²) in [6.45, 7) is 2.97. The van der Waals surface area contributed by atoms with E-state index in [1.165, 1.54) is 17.4 Å². The molecule has 3 aromatic rings. The molecule has 0 unspecified atom stereocenters. The number of benzene rings is 1. The quantitative estimate of drug-likeness (QED) is 0.600. The van der Waals surface area contributed by atoms with E-state index in [2.05, 4.69) is 20.3 Å². The number of carbonyl (C=O) groups excluding carboxylic acids is 1. The standard InChI is InChI=1S/C21H25F3N6OS/c1-28(2)18(31)13-29-8-6-14(7-9-29)11-25-19-27-30-17(12-26-20(30)32-19)15-4-3-5-16(10-15)21(22,23)24/h3-5,10,12,14H,6-9,11,13H2,1-2H3,(H,25,27). The number of likely N-dealkylation sites (N-methyl/N-ethyl adjacent to an activating group) is 1. The Labute approximate surface area is 187 Å². The number of imidazole rings is 1. The summed E-state index contributed by atoms with van der Waals surface area (Å²) in [5.41, 5.74) is 0.246. The molecule has 11 heteroatoms. The summed E-state index contributed by atoms with van der Waals surface area (Å²) in [5.74, 6) is 0.587. The van der Waals surface area contributed by atoms with E-state index in [9.17, 15) is 18.0 Å². The Hall–Kier alpha value is -2.66. The minimum Gasteiger partial charge on any atom is -0.360 e. The predicted molar refractivity (Wildman–Crippen MR) is 118 cm³/mol. The van der Waals surface area contributed by atoms with Crippen LogP contribution in [-0.4, -0.2) is 70.6 Å². The predicted octanol–water partition coefficient (Wildman–Crippen LogP) is 3.69. The van der Waals surface area contributed by atoms with Gasteiger partial charge in [-0.25, -0.2) is 9.50 Å². The number of nitrogens with zero attached hydrogens (tertiary/aromatic N) is 5. The minimum atomic E-state index is -4.40. The molecule has 0 atom stereocenters. The number of anilines is 1. The van der Waals surface area contributed by atoms with Crippen molar-refractivity contribution in [1.82, 2.24) is 24.4 Å². The fraction of sp³-hybridized carbons (Fsp3) is 0.476. The average molecular weight is 467 g/mol. The molecule has 7 nitrogen and oxygen atoms in total. The second kappa shape index (κ2) is 9.07. The van der Waals surface area contributed by atoms with E-state index in [-0.39, 0.29) is 5.91 Å². The molecule has 1 aliphatic heterocycles. The SMILES string of the molecule is CN(C)C(=O)CN1CCC(CNc2nn3c(-c4cccc(C(F)(F)F)c4)cnc3s2)CC1. The van der Waals surface area contributed by atoms with Crippen LogP contribution in [0.4, 0.5) is 18.3 Å². The first-order chi connectivity index (χ1) is 15.2. The van der Waals surface area contributed by atoms with Crippen LogP contribution in [0.5, 0.6) is 0 Å². The first-order valence-electron chi connectivity index (χ1n) is 10.4. The molecule has 3 heterocycles.